The maximum atomic E-state index is 5.56. The van der Waals surface area contributed by atoms with E-state index >= 15 is 0 Å². The Balaban J connectivity index is 2.11. The van der Waals surface area contributed by atoms with Crippen molar-refractivity contribution >= 4 is 23.0 Å². The van der Waals surface area contributed by atoms with Crippen LogP contribution in [0.15, 0.2) is 42.5 Å². The number of rotatable bonds is 6. The standard InChI is InChI=1S/C21H28N2OS/c1-14(2)12-20(17-7-9-18(24-5)10-8-17)23-21(25)22-19-11-6-15(3)13-16(19)4/h6-11,13-14,20H,12H2,1-5H3,(H2,22,23,25)/t20-/m1/s1. The van der Waals surface area contributed by atoms with Crippen molar-refractivity contribution in [1.29, 1.82) is 0 Å². The molecular weight excluding hydrogens is 328 g/mol. The Morgan fingerprint density at radius 1 is 1.08 bits per heavy atom. The summed E-state index contributed by atoms with van der Waals surface area (Å²) in [5, 5.41) is 7.45. The maximum absolute atomic E-state index is 5.56. The number of thiocarbonyl (C=S) groups is 1. The first-order chi connectivity index (χ1) is 11.9. The van der Waals surface area contributed by atoms with Gasteiger partial charge in [0.1, 0.15) is 5.75 Å². The number of hydrogen-bond donors (Lipinski definition) is 2. The average molecular weight is 357 g/mol. The number of anilines is 1. The van der Waals surface area contributed by atoms with Crippen LogP contribution < -0.4 is 15.4 Å². The second kappa shape index (κ2) is 8.86. The predicted molar refractivity (Wildman–Crippen MR) is 110 cm³/mol. The third-order valence-corrected chi connectivity index (χ3v) is 4.38. The first-order valence-electron chi connectivity index (χ1n) is 8.67. The van der Waals surface area contributed by atoms with Crippen LogP contribution in [0.5, 0.6) is 5.75 Å². The van der Waals surface area contributed by atoms with Crippen molar-refractivity contribution in [3.8, 4) is 5.75 Å². The Hall–Kier alpha value is -2.07. The molecule has 2 N–H and O–H groups in total. The highest BCUT2D eigenvalue weighted by Gasteiger charge is 2.15. The third kappa shape index (κ3) is 5.75. The summed E-state index contributed by atoms with van der Waals surface area (Å²) < 4.78 is 5.25. The van der Waals surface area contributed by atoms with Crippen molar-refractivity contribution in [2.24, 2.45) is 5.92 Å². The van der Waals surface area contributed by atoms with Gasteiger partial charge in [-0.2, -0.15) is 0 Å². The van der Waals surface area contributed by atoms with Crippen LogP contribution in [-0.2, 0) is 0 Å². The molecule has 0 unspecified atom stereocenters. The molecule has 0 aliphatic carbocycles. The zero-order chi connectivity index (χ0) is 18.4. The molecule has 0 aromatic heterocycles. The molecule has 0 amide bonds. The van der Waals surface area contributed by atoms with Crippen LogP contribution in [0.1, 0.15) is 43.0 Å². The third-order valence-electron chi connectivity index (χ3n) is 4.16. The lowest BCUT2D eigenvalue weighted by Gasteiger charge is -2.23. The quantitative estimate of drug-likeness (QED) is 0.680. The summed E-state index contributed by atoms with van der Waals surface area (Å²) in [5.41, 5.74) is 4.69. The molecular formula is C21H28N2OS. The van der Waals surface area contributed by atoms with Crippen molar-refractivity contribution in [3.63, 3.8) is 0 Å². The van der Waals surface area contributed by atoms with Crippen molar-refractivity contribution in [1.82, 2.24) is 5.32 Å². The number of ether oxygens (including phenoxy) is 1. The van der Waals surface area contributed by atoms with Gasteiger partial charge in [0.25, 0.3) is 0 Å². The fourth-order valence-corrected chi connectivity index (χ4v) is 3.11. The number of aryl methyl sites for hydroxylation is 2. The van der Waals surface area contributed by atoms with E-state index in [1.807, 2.05) is 12.1 Å². The first kappa shape index (κ1) is 19.3. The van der Waals surface area contributed by atoms with E-state index in [2.05, 4.69) is 68.7 Å². The van der Waals surface area contributed by atoms with Gasteiger partial charge in [-0.3, -0.25) is 0 Å². The molecule has 0 aliphatic heterocycles. The Kier molecular flexibility index (Phi) is 6.82. The zero-order valence-electron chi connectivity index (χ0n) is 15.7. The van der Waals surface area contributed by atoms with Gasteiger partial charge < -0.3 is 15.4 Å². The Morgan fingerprint density at radius 2 is 1.76 bits per heavy atom. The Bertz CT molecular complexity index is 710. The highest BCUT2D eigenvalue weighted by molar-refractivity contribution is 7.80. The van der Waals surface area contributed by atoms with E-state index in [1.54, 1.807) is 7.11 Å². The fraction of sp³-hybridized carbons (Fsp3) is 0.381. The van der Waals surface area contributed by atoms with Crippen LogP contribution in [0.2, 0.25) is 0 Å². The molecule has 0 saturated heterocycles. The molecule has 0 saturated carbocycles. The summed E-state index contributed by atoms with van der Waals surface area (Å²) in [5.74, 6) is 1.42. The van der Waals surface area contributed by atoms with Crippen LogP contribution in [0.3, 0.4) is 0 Å². The lowest BCUT2D eigenvalue weighted by molar-refractivity contribution is 0.414. The summed E-state index contributed by atoms with van der Waals surface area (Å²) in [4.78, 5) is 0. The minimum absolute atomic E-state index is 0.164. The summed E-state index contributed by atoms with van der Waals surface area (Å²) >= 11 is 5.56. The normalized spacial score (nSPS) is 11.9. The van der Waals surface area contributed by atoms with E-state index in [0.717, 1.165) is 17.9 Å². The van der Waals surface area contributed by atoms with E-state index in [1.165, 1.54) is 16.7 Å². The number of methoxy groups -OCH3 is 1. The highest BCUT2D eigenvalue weighted by atomic mass is 32.1. The minimum Gasteiger partial charge on any atom is -0.497 e. The van der Waals surface area contributed by atoms with E-state index in [-0.39, 0.29) is 6.04 Å². The number of nitrogens with one attached hydrogen (secondary N) is 2. The molecule has 3 nitrogen and oxygen atoms in total. The van der Waals surface area contributed by atoms with E-state index in [0.29, 0.717) is 11.0 Å². The molecule has 0 radical (unpaired) electrons. The Labute approximate surface area is 156 Å². The SMILES string of the molecule is COc1ccc([C@@H](CC(C)C)NC(=S)Nc2ccc(C)cc2C)cc1. The van der Waals surface area contributed by atoms with Crippen molar-refractivity contribution < 1.29 is 4.74 Å². The zero-order valence-corrected chi connectivity index (χ0v) is 16.5. The summed E-state index contributed by atoms with van der Waals surface area (Å²) in [6.07, 6.45) is 1.00. The van der Waals surface area contributed by atoms with Crippen LogP contribution in [0.25, 0.3) is 0 Å². The molecule has 2 rings (SSSR count). The van der Waals surface area contributed by atoms with Gasteiger partial charge >= 0.3 is 0 Å². The molecule has 0 spiro atoms. The monoisotopic (exact) mass is 356 g/mol. The molecule has 0 bridgehead atoms. The van der Waals surface area contributed by atoms with Gasteiger partial charge in [0, 0.05) is 5.69 Å². The molecule has 0 fully saturated rings. The lowest BCUT2D eigenvalue weighted by Crippen LogP contribution is -2.33. The second-order valence-corrected chi connectivity index (χ2v) is 7.28. The highest BCUT2D eigenvalue weighted by Crippen LogP contribution is 2.24. The molecule has 2 aromatic rings. The van der Waals surface area contributed by atoms with Crippen LogP contribution in [0.4, 0.5) is 5.69 Å². The molecule has 1 atom stereocenters. The molecule has 134 valence electrons. The van der Waals surface area contributed by atoms with Crippen LogP contribution in [-0.4, -0.2) is 12.2 Å². The largest absolute Gasteiger partial charge is 0.497 e. The van der Waals surface area contributed by atoms with Gasteiger partial charge in [0.05, 0.1) is 13.2 Å². The maximum Gasteiger partial charge on any atom is 0.171 e. The molecule has 4 heteroatoms. The van der Waals surface area contributed by atoms with Gasteiger partial charge in [-0.05, 0) is 67.7 Å². The van der Waals surface area contributed by atoms with Gasteiger partial charge in [-0.1, -0.05) is 43.7 Å². The molecule has 0 aliphatic rings. The second-order valence-electron chi connectivity index (χ2n) is 6.87. The van der Waals surface area contributed by atoms with Gasteiger partial charge in [0.2, 0.25) is 0 Å². The van der Waals surface area contributed by atoms with E-state index in [4.69, 9.17) is 17.0 Å². The lowest BCUT2D eigenvalue weighted by atomic mass is 9.97. The first-order valence-corrected chi connectivity index (χ1v) is 9.08. The van der Waals surface area contributed by atoms with Gasteiger partial charge in [-0.15, -0.1) is 0 Å². The van der Waals surface area contributed by atoms with Gasteiger partial charge in [0.15, 0.2) is 5.11 Å². The van der Waals surface area contributed by atoms with Crippen molar-refractivity contribution in [2.75, 3.05) is 12.4 Å². The van der Waals surface area contributed by atoms with Crippen molar-refractivity contribution in [2.45, 2.75) is 40.2 Å². The minimum atomic E-state index is 0.164. The number of hydrogen-bond acceptors (Lipinski definition) is 2. The fourth-order valence-electron chi connectivity index (χ4n) is 2.86. The topological polar surface area (TPSA) is 33.3 Å². The summed E-state index contributed by atoms with van der Waals surface area (Å²) in [6.45, 7) is 8.63. The average Bonchev–Trinajstić information content (AvgIpc) is 2.56. The molecule has 25 heavy (non-hydrogen) atoms. The van der Waals surface area contributed by atoms with E-state index < -0.39 is 0 Å². The molecule has 0 heterocycles. The van der Waals surface area contributed by atoms with Gasteiger partial charge in [-0.25, -0.2) is 0 Å². The molecule has 2 aromatic carbocycles. The number of benzene rings is 2. The summed E-state index contributed by atoms with van der Waals surface area (Å²) in [7, 11) is 1.68. The summed E-state index contributed by atoms with van der Waals surface area (Å²) in [6, 6.07) is 14.7. The van der Waals surface area contributed by atoms with Crippen LogP contribution >= 0.6 is 12.2 Å². The van der Waals surface area contributed by atoms with Crippen molar-refractivity contribution in [3.05, 3.63) is 59.2 Å². The smallest absolute Gasteiger partial charge is 0.171 e. The predicted octanol–water partition coefficient (Wildman–Crippen LogP) is 5.39. The van der Waals surface area contributed by atoms with E-state index in [9.17, 15) is 0 Å². The Morgan fingerprint density at radius 3 is 2.32 bits per heavy atom. The van der Waals surface area contributed by atoms with Crippen LogP contribution in [0, 0.1) is 19.8 Å².